The van der Waals surface area contributed by atoms with Crippen molar-refractivity contribution < 1.29 is 9.53 Å². The fraction of sp³-hybridized carbons (Fsp3) is 0.533. The fourth-order valence-corrected chi connectivity index (χ4v) is 2.00. The second-order valence-corrected chi connectivity index (χ2v) is 4.68. The number of hydrogen-bond donors (Lipinski definition) is 2. The van der Waals surface area contributed by atoms with Crippen molar-refractivity contribution in [3.05, 3.63) is 24.3 Å². The Morgan fingerprint density at radius 1 is 1.40 bits per heavy atom. The molecule has 112 valence electrons. The second-order valence-electron chi connectivity index (χ2n) is 4.68. The molecule has 0 saturated carbocycles. The first kappa shape index (κ1) is 16.3. The Morgan fingerprint density at radius 3 is 2.80 bits per heavy atom. The number of carbonyl (C=O) groups excluding carboxylic acids is 1. The van der Waals surface area contributed by atoms with Crippen LogP contribution in [0.1, 0.15) is 19.8 Å². The van der Waals surface area contributed by atoms with E-state index < -0.39 is 0 Å². The fourth-order valence-electron chi connectivity index (χ4n) is 2.00. The maximum Gasteiger partial charge on any atom is 0.239 e. The Morgan fingerprint density at radius 2 is 2.15 bits per heavy atom. The molecule has 1 amide bonds. The Balaban J connectivity index is 2.55. The van der Waals surface area contributed by atoms with Crippen LogP contribution in [0.3, 0.4) is 0 Å². The monoisotopic (exact) mass is 279 g/mol. The molecule has 5 heteroatoms. The van der Waals surface area contributed by atoms with Gasteiger partial charge < -0.3 is 20.7 Å². The van der Waals surface area contributed by atoms with E-state index in [4.69, 9.17) is 10.5 Å². The number of rotatable bonds is 9. The molecule has 0 fully saturated rings. The SMILES string of the molecule is CCCN(CC(=O)NCCCOC)c1ccccc1N. The minimum absolute atomic E-state index is 0.0119. The average Bonchev–Trinajstić information content (AvgIpc) is 2.44. The third-order valence-corrected chi connectivity index (χ3v) is 2.95. The minimum Gasteiger partial charge on any atom is -0.397 e. The summed E-state index contributed by atoms with van der Waals surface area (Å²) in [6, 6.07) is 7.64. The molecule has 0 heterocycles. The number of para-hydroxylation sites is 2. The molecule has 20 heavy (non-hydrogen) atoms. The molecular formula is C15H25N3O2. The van der Waals surface area contributed by atoms with Crippen molar-refractivity contribution in [2.24, 2.45) is 0 Å². The number of nitrogens with zero attached hydrogens (tertiary/aromatic N) is 1. The number of methoxy groups -OCH3 is 1. The molecule has 0 unspecified atom stereocenters. The standard InChI is InChI=1S/C15H25N3O2/c1-3-10-18(14-8-5-4-7-13(14)16)12-15(19)17-9-6-11-20-2/h4-5,7-8H,3,6,9-12,16H2,1-2H3,(H,17,19). The van der Waals surface area contributed by atoms with E-state index in [1.165, 1.54) is 0 Å². The lowest BCUT2D eigenvalue weighted by molar-refractivity contribution is -0.119. The van der Waals surface area contributed by atoms with Crippen molar-refractivity contribution in [1.29, 1.82) is 0 Å². The van der Waals surface area contributed by atoms with Gasteiger partial charge >= 0.3 is 0 Å². The summed E-state index contributed by atoms with van der Waals surface area (Å²) in [5.41, 5.74) is 7.60. The first-order valence-electron chi connectivity index (χ1n) is 7.04. The first-order chi connectivity index (χ1) is 9.69. The van der Waals surface area contributed by atoms with Gasteiger partial charge in [-0.3, -0.25) is 4.79 Å². The molecule has 3 N–H and O–H groups in total. The highest BCUT2D eigenvalue weighted by Crippen LogP contribution is 2.22. The summed E-state index contributed by atoms with van der Waals surface area (Å²) in [6.07, 6.45) is 1.79. The van der Waals surface area contributed by atoms with Crippen LogP contribution in [-0.4, -0.2) is 39.3 Å². The third-order valence-electron chi connectivity index (χ3n) is 2.95. The van der Waals surface area contributed by atoms with Gasteiger partial charge in [-0.05, 0) is 25.0 Å². The number of nitrogens with one attached hydrogen (secondary N) is 1. The molecule has 1 rings (SSSR count). The van der Waals surface area contributed by atoms with Crippen molar-refractivity contribution in [3.63, 3.8) is 0 Å². The normalized spacial score (nSPS) is 10.3. The second kappa shape index (κ2) is 9.20. The average molecular weight is 279 g/mol. The Labute approximate surface area is 121 Å². The molecule has 0 aliphatic heterocycles. The molecule has 0 saturated heterocycles. The van der Waals surface area contributed by atoms with Crippen LogP contribution in [-0.2, 0) is 9.53 Å². The molecule has 0 aliphatic rings. The zero-order chi connectivity index (χ0) is 14.8. The summed E-state index contributed by atoms with van der Waals surface area (Å²) >= 11 is 0. The van der Waals surface area contributed by atoms with Crippen LogP contribution < -0.4 is 16.0 Å². The smallest absolute Gasteiger partial charge is 0.239 e. The van der Waals surface area contributed by atoms with E-state index in [1.54, 1.807) is 7.11 Å². The van der Waals surface area contributed by atoms with Crippen LogP contribution in [0.2, 0.25) is 0 Å². The highest BCUT2D eigenvalue weighted by atomic mass is 16.5. The van der Waals surface area contributed by atoms with Crippen LogP contribution in [0.25, 0.3) is 0 Å². The predicted molar refractivity (Wildman–Crippen MR) is 82.9 cm³/mol. The quantitative estimate of drug-likeness (QED) is 0.532. The van der Waals surface area contributed by atoms with Crippen molar-refractivity contribution in [2.75, 3.05) is 44.0 Å². The Bertz CT molecular complexity index is 410. The van der Waals surface area contributed by atoms with E-state index in [0.717, 1.165) is 25.1 Å². The first-order valence-corrected chi connectivity index (χ1v) is 7.04. The molecule has 0 bridgehead atoms. The van der Waals surface area contributed by atoms with Crippen molar-refractivity contribution in [3.8, 4) is 0 Å². The zero-order valence-electron chi connectivity index (χ0n) is 12.4. The predicted octanol–water partition coefficient (Wildman–Crippen LogP) is 1.64. The topological polar surface area (TPSA) is 67.6 Å². The van der Waals surface area contributed by atoms with Gasteiger partial charge in [-0.15, -0.1) is 0 Å². The van der Waals surface area contributed by atoms with Gasteiger partial charge in [0.1, 0.15) is 0 Å². The summed E-state index contributed by atoms with van der Waals surface area (Å²) in [5.74, 6) is 0.0119. The van der Waals surface area contributed by atoms with Gasteiger partial charge in [-0.25, -0.2) is 0 Å². The van der Waals surface area contributed by atoms with E-state index in [1.807, 2.05) is 29.2 Å². The molecule has 0 spiro atoms. The number of nitrogens with two attached hydrogens (primary N) is 1. The number of benzene rings is 1. The Hall–Kier alpha value is -1.75. The van der Waals surface area contributed by atoms with Gasteiger partial charge in [0.05, 0.1) is 17.9 Å². The molecule has 1 aromatic carbocycles. The lowest BCUT2D eigenvalue weighted by Crippen LogP contribution is -2.38. The van der Waals surface area contributed by atoms with Crippen LogP contribution in [0.4, 0.5) is 11.4 Å². The summed E-state index contributed by atoms with van der Waals surface area (Å²) in [5, 5.41) is 2.89. The lowest BCUT2D eigenvalue weighted by atomic mass is 10.2. The highest BCUT2D eigenvalue weighted by Gasteiger charge is 2.12. The van der Waals surface area contributed by atoms with E-state index in [0.29, 0.717) is 25.4 Å². The summed E-state index contributed by atoms with van der Waals surface area (Å²) in [4.78, 5) is 14.0. The number of carbonyl (C=O) groups is 1. The van der Waals surface area contributed by atoms with Gasteiger partial charge in [0.2, 0.25) is 5.91 Å². The van der Waals surface area contributed by atoms with Crippen molar-refractivity contribution in [2.45, 2.75) is 19.8 Å². The number of nitrogen functional groups attached to an aromatic ring is 1. The van der Waals surface area contributed by atoms with Gasteiger partial charge in [0.25, 0.3) is 0 Å². The summed E-state index contributed by atoms with van der Waals surface area (Å²) < 4.78 is 4.95. The Kier molecular flexibility index (Phi) is 7.50. The molecule has 5 nitrogen and oxygen atoms in total. The number of anilines is 2. The minimum atomic E-state index is 0.0119. The van der Waals surface area contributed by atoms with E-state index in [9.17, 15) is 4.79 Å². The third kappa shape index (κ3) is 5.48. The number of amides is 1. The van der Waals surface area contributed by atoms with Gasteiger partial charge in [-0.2, -0.15) is 0 Å². The van der Waals surface area contributed by atoms with Crippen LogP contribution in [0, 0.1) is 0 Å². The number of ether oxygens (including phenoxy) is 1. The molecule has 0 radical (unpaired) electrons. The van der Waals surface area contributed by atoms with Crippen molar-refractivity contribution >= 4 is 17.3 Å². The van der Waals surface area contributed by atoms with Crippen LogP contribution >= 0.6 is 0 Å². The highest BCUT2D eigenvalue weighted by molar-refractivity contribution is 5.83. The molecule has 0 atom stereocenters. The van der Waals surface area contributed by atoms with Gasteiger partial charge in [0.15, 0.2) is 0 Å². The molecule has 0 aliphatic carbocycles. The van der Waals surface area contributed by atoms with E-state index in [2.05, 4.69) is 12.2 Å². The van der Waals surface area contributed by atoms with Gasteiger partial charge in [0, 0.05) is 26.8 Å². The van der Waals surface area contributed by atoms with Gasteiger partial charge in [-0.1, -0.05) is 19.1 Å². The van der Waals surface area contributed by atoms with Crippen molar-refractivity contribution in [1.82, 2.24) is 5.32 Å². The maximum absolute atomic E-state index is 11.9. The summed E-state index contributed by atoms with van der Waals surface area (Å²) in [6.45, 7) is 4.51. The largest absolute Gasteiger partial charge is 0.397 e. The number of hydrogen-bond acceptors (Lipinski definition) is 4. The summed E-state index contributed by atoms with van der Waals surface area (Å²) in [7, 11) is 1.66. The molecular weight excluding hydrogens is 254 g/mol. The molecule has 0 aromatic heterocycles. The van der Waals surface area contributed by atoms with Crippen LogP contribution in [0.5, 0.6) is 0 Å². The van der Waals surface area contributed by atoms with E-state index >= 15 is 0 Å². The van der Waals surface area contributed by atoms with Crippen LogP contribution in [0.15, 0.2) is 24.3 Å². The molecule has 1 aromatic rings. The zero-order valence-corrected chi connectivity index (χ0v) is 12.4. The van der Waals surface area contributed by atoms with E-state index in [-0.39, 0.29) is 5.91 Å². The lowest BCUT2D eigenvalue weighted by Gasteiger charge is -2.25. The maximum atomic E-state index is 11.9.